The Hall–Kier alpha value is -0.670. The van der Waals surface area contributed by atoms with E-state index in [9.17, 15) is 0 Å². The monoisotopic (exact) mass is 225 g/mol. The predicted molar refractivity (Wildman–Crippen MR) is 67.4 cm³/mol. The fourth-order valence-electron chi connectivity index (χ4n) is 1.37. The summed E-state index contributed by atoms with van der Waals surface area (Å²) in [6, 6.07) is 6.09. The molecule has 84 valence electrons. The number of anilines is 1. The van der Waals surface area contributed by atoms with Gasteiger partial charge in [-0.1, -0.05) is 0 Å². The molecule has 2 nitrogen and oxygen atoms in total. The minimum absolute atomic E-state index is 0.844. The Kier molecular flexibility index (Phi) is 5.58. The highest BCUT2D eigenvalue weighted by atomic mass is 32.2. The summed E-state index contributed by atoms with van der Waals surface area (Å²) in [5.74, 6) is 1.15. The minimum Gasteiger partial charge on any atom is -0.399 e. The highest BCUT2D eigenvalue weighted by Gasteiger charge is 1.99. The maximum Gasteiger partial charge on any atom is 0.0462 e. The quantitative estimate of drug-likeness (QED) is 0.459. The molecule has 1 aromatic rings. The second-order valence-electron chi connectivity index (χ2n) is 3.57. The Balaban J connectivity index is 2.31. The molecule has 0 aliphatic carbocycles. The first-order valence-electron chi connectivity index (χ1n) is 5.22. The molecule has 1 aromatic carbocycles. The highest BCUT2D eigenvalue weighted by molar-refractivity contribution is 7.99. The van der Waals surface area contributed by atoms with Crippen LogP contribution in [0.15, 0.2) is 23.1 Å². The van der Waals surface area contributed by atoms with Crippen molar-refractivity contribution < 1.29 is 4.74 Å². The summed E-state index contributed by atoms with van der Waals surface area (Å²) >= 11 is 1.90. The molecule has 0 heterocycles. The molecule has 15 heavy (non-hydrogen) atoms. The molecular weight excluding hydrogens is 206 g/mol. The lowest BCUT2D eigenvalue weighted by molar-refractivity contribution is 0.194. The van der Waals surface area contributed by atoms with Crippen molar-refractivity contribution in [3.63, 3.8) is 0 Å². The third-order valence-electron chi connectivity index (χ3n) is 2.20. The zero-order valence-electron chi connectivity index (χ0n) is 9.45. The van der Waals surface area contributed by atoms with Crippen LogP contribution in [-0.4, -0.2) is 19.5 Å². The number of methoxy groups -OCH3 is 1. The number of aryl methyl sites for hydroxylation is 1. The molecule has 0 radical (unpaired) electrons. The van der Waals surface area contributed by atoms with Crippen LogP contribution in [0.1, 0.15) is 18.4 Å². The van der Waals surface area contributed by atoms with E-state index in [0.29, 0.717) is 0 Å². The molecule has 0 bridgehead atoms. The van der Waals surface area contributed by atoms with Crippen LogP contribution in [0.2, 0.25) is 0 Å². The smallest absolute Gasteiger partial charge is 0.0462 e. The standard InChI is InChI=1S/C12H19NOS/c1-10-9-11(13)5-6-12(10)15-8-4-3-7-14-2/h5-6,9H,3-4,7-8,13H2,1-2H3. The number of unbranched alkanes of at least 4 members (excludes halogenated alkanes) is 1. The first-order chi connectivity index (χ1) is 7.24. The van der Waals surface area contributed by atoms with Crippen LogP contribution >= 0.6 is 11.8 Å². The van der Waals surface area contributed by atoms with E-state index in [4.69, 9.17) is 10.5 Å². The van der Waals surface area contributed by atoms with E-state index in [1.165, 1.54) is 16.9 Å². The molecule has 0 spiro atoms. The normalized spacial score (nSPS) is 10.5. The van der Waals surface area contributed by atoms with Crippen molar-refractivity contribution in [3.05, 3.63) is 23.8 Å². The summed E-state index contributed by atoms with van der Waals surface area (Å²) in [5, 5.41) is 0. The lowest BCUT2D eigenvalue weighted by Crippen LogP contribution is -1.91. The van der Waals surface area contributed by atoms with Crippen LogP contribution in [0.5, 0.6) is 0 Å². The average Bonchev–Trinajstić information content (AvgIpc) is 2.20. The van der Waals surface area contributed by atoms with E-state index in [0.717, 1.165) is 24.5 Å². The van der Waals surface area contributed by atoms with Crippen LogP contribution in [0.4, 0.5) is 5.69 Å². The first-order valence-corrected chi connectivity index (χ1v) is 6.20. The molecule has 3 heteroatoms. The van der Waals surface area contributed by atoms with E-state index >= 15 is 0 Å². The van der Waals surface area contributed by atoms with Gasteiger partial charge in [-0.2, -0.15) is 0 Å². The Bertz CT molecular complexity index is 302. The van der Waals surface area contributed by atoms with Gasteiger partial charge < -0.3 is 10.5 Å². The van der Waals surface area contributed by atoms with Crippen molar-refractivity contribution in [3.8, 4) is 0 Å². The number of rotatable bonds is 6. The van der Waals surface area contributed by atoms with Gasteiger partial charge in [0.2, 0.25) is 0 Å². The molecule has 0 aliphatic heterocycles. The maximum atomic E-state index is 5.70. The predicted octanol–water partition coefficient (Wildman–Crippen LogP) is 3.10. The van der Waals surface area contributed by atoms with E-state index in [-0.39, 0.29) is 0 Å². The number of thioether (sulfide) groups is 1. The van der Waals surface area contributed by atoms with Gasteiger partial charge in [0.25, 0.3) is 0 Å². The molecule has 0 atom stereocenters. The van der Waals surface area contributed by atoms with Crippen molar-refractivity contribution >= 4 is 17.4 Å². The minimum atomic E-state index is 0.844. The van der Waals surface area contributed by atoms with Crippen molar-refractivity contribution in [2.45, 2.75) is 24.7 Å². The van der Waals surface area contributed by atoms with E-state index in [1.807, 2.05) is 23.9 Å². The van der Waals surface area contributed by atoms with E-state index in [2.05, 4.69) is 13.0 Å². The van der Waals surface area contributed by atoms with Gasteiger partial charge in [0.1, 0.15) is 0 Å². The maximum absolute atomic E-state index is 5.70. The molecule has 2 N–H and O–H groups in total. The Morgan fingerprint density at radius 2 is 2.13 bits per heavy atom. The molecule has 0 unspecified atom stereocenters. The fraction of sp³-hybridized carbons (Fsp3) is 0.500. The lowest BCUT2D eigenvalue weighted by atomic mass is 10.2. The molecule has 0 fully saturated rings. The Labute approximate surface area is 96.2 Å². The summed E-state index contributed by atoms with van der Waals surface area (Å²) < 4.78 is 5.01. The number of benzene rings is 1. The molecule has 0 amide bonds. The SMILES string of the molecule is COCCCCSc1ccc(N)cc1C. The number of nitrogen functional groups attached to an aromatic ring is 1. The second-order valence-corrected chi connectivity index (χ2v) is 4.71. The van der Waals surface area contributed by atoms with Gasteiger partial charge in [0, 0.05) is 24.3 Å². The zero-order chi connectivity index (χ0) is 11.1. The summed E-state index contributed by atoms with van der Waals surface area (Å²) in [7, 11) is 1.75. The summed E-state index contributed by atoms with van der Waals surface area (Å²) in [6.07, 6.45) is 2.33. The number of hydrogen-bond donors (Lipinski definition) is 1. The van der Waals surface area contributed by atoms with Gasteiger partial charge >= 0.3 is 0 Å². The molecule has 0 saturated carbocycles. The van der Waals surface area contributed by atoms with Crippen LogP contribution in [0.3, 0.4) is 0 Å². The van der Waals surface area contributed by atoms with Crippen molar-refractivity contribution in [1.82, 2.24) is 0 Å². The van der Waals surface area contributed by atoms with E-state index < -0.39 is 0 Å². The fourth-order valence-corrected chi connectivity index (χ4v) is 2.38. The lowest BCUT2D eigenvalue weighted by Gasteiger charge is -2.06. The van der Waals surface area contributed by atoms with Crippen LogP contribution < -0.4 is 5.73 Å². The van der Waals surface area contributed by atoms with Crippen molar-refractivity contribution in [2.24, 2.45) is 0 Å². The Morgan fingerprint density at radius 3 is 2.80 bits per heavy atom. The molecule has 1 rings (SSSR count). The summed E-state index contributed by atoms with van der Waals surface area (Å²) in [4.78, 5) is 1.33. The average molecular weight is 225 g/mol. The first kappa shape index (κ1) is 12.4. The summed E-state index contributed by atoms with van der Waals surface area (Å²) in [6.45, 7) is 2.97. The second kappa shape index (κ2) is 6.75. The van der Waals surface area contributed by atoms with Gasteiger partial charge in [-0.25, -0.2) is 0 Å². The van der Waals surface area contributed by atoms with Gasteiger partial charge in [-0.05, 0) is 49.3 Å². The van der Waals surface area contributed by atoms with E-state index in [1.54, 1.807) is 7.11 Å². The molecule has 0 aromatic heterocycles. The van der Waals surface area contributed by atoms with Crippen molar-refractivity contribution in [1.29, 1.82) is 0 Å². The van der Waals surface area contributed by atoms with Gasteiger partial charge in [0.15, 0.2) is 0 Å². The molecular formula is C12H19NOS. The topological polar surface area (TPSA) is 35.2 Å². The van der Waals surface area contributed by atoms with Gasteiger partial charge in [-0.15, -0.1) is 11.8 Å². The number of nitrogens with two attached hydrogens (primary N) is 1. The third kappa shape index (κ3) is 4.58. The largest absolute Gasteiger partial charge is 0.399 e. The number of ether oxygens (including phenoxy) is 1. The highest BCUT2D eigenvalue weighted by Crippen LogP contribution is 2.24. The Morgan fingerprint density at radius 1 is 1.33 bits per heavy atom. The molecule has 0 aliphatic rings. The molecule has 0 saturated heterocycles. The van der Waals surface area contributed by atoms with Crippen LogP contribution in [-0.2, 0) is 4.74 Å². The van der Waals surface area contributed by atoms with Gasteiger partial charge in [0.05, 0.1) is 0 Å². The van der Waals surface area contributed by atoms with Crippen LogP contribution in [0, 0.1) is 6.92 Å². The number of hydrogen-bond acceptors (Lipinski definition) is 3. The zero-order valence-corrected chi connectivity index (χ0v) is 10.3. The van der Waals surface area contributed by atoms with Gasteiger partial charge in [-0.3, -0.25) is 0 Å². The van der Waals surface area contributed by atoms with Crippen LogP contribution in [0.25, 0.3) is 0 Å². The van der Waals surface area contributed by atoms with Crippen molar-refractivity contribution in [2.75, 3.05) is 25.2 Å². The third-order valence-corrected chi connectivity index (χ3v) is 3.46. The summed E-state index contributed by atoms with van der Waals surface area (Å²) in [5.41, 5.74) is 7.81.